The second kappa shape index (κ2) is 6.97. The Kier molecular flexibility index (Phi) is 5.38. The quantitative estimate of drug-likeness (QED) is 0.837. The first-order valence-corrected chi connectivity index (χ1v) is 8.57. The van der Waals surface area contributed by atoms with E-state index >= 15 is 0 Å². The summed E-state index contributed by atoms with van der Waals surface area (Å²) in [6.45, 7) is 12.3. The largest absolute Gasteiger partial charge is 0.458 e. The average Bonchev–Trinajstić information content (AvgIpc) is 2.83. The van der Waals surface area contributed by atoms with Crippen LogP contribution >= 0.6 is 0 Å². The van der Waals surface area contributed by atoms with Gasteiger partial charge in [0.25, 0.3) is 5.91 Å². The fraction of sp³-hybridized carbons (Fsp3) is 0.667. The summed E-state index contributed by atoms with van der Waals surface area (Å²) in [5, 5.41) is 0. The molecule has 0 bridgehead atoms. The number of hydrogen-bond donors (Lipinski definition) is 1. The normalized spacial score (nSPS) is 16.1. The number of fused-ring (bicyclic) bond motifs is 1. The molecule has 1 aromatic rings. The highest BCUT2D eigenvalue weighted by atomic mass is 16.5. The summed E-state index contributed by atoms with van der Waals surface area (Å²) >= 11 is 0. The summed E-state index contributed by atoms with van der Waals surface area (Å²) in [5.74, 6) is -0.395. The number of esters is 1. The predicted molar refractivity (Wildman–Crippen MR) is 93.1 cm³/mol. The molecule has 6 nitrogen and oxygen atoms in total. The van der Waals surface area contributed by atoms with Crippen molar-refractivity contribution in [2.45, 2.75) is 53.7 Å². The van der Waals surface area contributed by atoms with Gasteiger partial charge >= 0.3 is 5.97 Å². The molecule has 1 amide bonds. The summed E-state index contributed by atoms with van der Waals surface area (Å²) in [5.41, 5.74) is 7.18. The van der Waals surface area contributed by atoms with Crippen molar-refractivity contribution in [2.24, 2.45) is 11.1 Å². The van der Waals surface area contributed by atoms with Gasteiger partial charge in [0.05, 0.1) is 5.56 Å². The van der Waals surface area contributed by atoms with Gasteiger partial charge in [0.1, 0.15) is 11.8 Å². The van der Waals surface area contributed by atoms with Crippen molar-refractivity contribution in [3.63, 3.8) is 0 Å². The SMILES string of the molecule is Cc1c(C(=O)OC(C)C(C)(C)C)cn2c1C(=O)N(CCCN)CC2. The fourth-order valence-electron chi connectivity index (χ4n) is 2.70. The van der Waals surface area contributed by atoms with Crippen LogP contribution in [-0.4, -0.2) is 47.1 Å². The van der Waals surface area contributed by atoms with Crippen molar-refractivity contribution >= 4 is 11.9 Å². The van der Waals surface area contributed by atoms with E-state index < -0.39 is 0 Å². The molecule has 2 heterocycles. The van der Waals surface area contributed by atoms with Gasteiger partial charge in [-0.25, -0.2) is 4.79 Å². The molecule has 1 atom stereocenters. The van der Waals surface area contributed by atoms with Crippen LogP contribution in [0, 0.1) is 12.3 Å². The van der Waals surface area contributed by atoms with Gasteiger partial charge in [-0.1, -0.05) is 20.8 Å². The van der Waals surface area contributed by atoms with Crippen LogP contribution in [0.4, 0.5) is 0 Å². The molecule has 0 saturated carbocycles. The summed E-state index contributed by atoms with van der Waals surface area (Å²) in [4.78, 5) is 27.0. The maximum absolute atomic E-state index is 12.7. The molecule has 0 aliphatic carbocycles. The third-order valence-electron chi connectivity index (χ3n) is 4.79. The number of ether oxygens (including phenoxy) is 1. The summed E-state index contributed by atoms with van der Waals surface area (Å²) in [6, 6.07) is 0. The number of carbonyl (C=O) groups excluding carboxylic acids is 2. The first kappa shape index (κ1) is 18.5. The molecule has 0 radical (unpaired) electrons. The zero-order valence-electron chi connectivity index (χ0n) is 15.4. The molecule has 1 unspecified atom stereocenters. The monoisotopic (exact) mass is 335 g/mol. The number of carbonyl (C=O) groups is 2. The minimum absolute atomic E-state index is 0.0323. The Bertz CT molecular complexity index is 628. The van der Waals surface area contributed by atoms with Crippen LogP contribution in [0.15, 0.2) is 6.20 Å². The lowest BCUT2D eigenvalue weighted by molar-refractivity contribution is 0.00472. The van der Waals surface area contributed by atoms with Crippen molar-refractivity contribution < 1.29 is 14.3 Å². The third kappa shape index (κ3) is 3.64. The molecular formula is C18H29N3O3. The third-order valence-corrected chi connectivity index (χ3v) is 4.79. The number of amides is 1. The van der Waals surface area contributed by atoms with Crippen molar-refractivity contribution in [1.29, 1.82) is 0 Å². The molecule has 1 aromatic heterocycles. The molecule has 2 rings (SSSR count). The zero-order valence-corrected chi connectivity index (χ0v) is 15.4. The van der Waals surface area contributed by atoms with Crippen LogP contribution in [0.2, 0.25) is 0 Å². The van der Waals surface area contributed by atoms with Gasteiger partial charge in [-0.2, -0.15) is 0 Å². The molecule has 24 heavy (non-hydrogen) atoms. The van der Waals surface area contributed by atoms with E-state index in [2.05, 4.69) is 0 Å². The maximum Gasteiger partial charge on any atom is 0.340 e. The van der Waals surface area contributed by atoms with Crippen molar-refractivity contribution in [2.75, 3.05) is 19.6 Å². The molecule has 134 valence electrons. The standard InChI is InChI=1S/C18H29N3O3/c1-12-14(17(23)24-13(2)18(3,4)5)11-21-10-9-20(8-6-7-19)16(22)15(12)21/h11,13H,6-10,19H2,1-5H3. The Morgan fingerprint density at radius 2 is 2.04 bits per heavy atom. The van der Waals surface area contributed by atoms with E-state index in [1.54, 1.807) is 6.20 Å². The molecule has 1 aliphatic rings. The van der Waals surface area contributed by atoms with Crippen molar-refractivity contribution in [1.82, 2.24) is 9.47 Å². The van der Waals surface area contributed by atoms with E-state index in [0.29, 0.717) is 43.0 Å². The van der Waals surface area contributed by atoms with E-state index in [1.807, 2.05) is 44.1 Å². The highest BCUT2D eigenvalue weighted by Crippen LogP contribution is 2.26. The molecule has 1 aliphatic heterocycles. The van der Waals surface area contributed by atoms with Crippen LogP contribution in [0.25, 0.3) is 0 Å². The van der Waals surface area contributed by atoms with Gasteiger partial charge in [-0.3, -0.25) is 4.79 Å². The van der Waals surface area contributed by atoms with Crippen LogP contribution in [0.5, 0.6) is 0 Å². The first-order valence-electron chi connectivity index (χ1n) is 8.57. The predicted octanol–water partition coefficient (Wildman–Crippen LogP) is 2.19. The smallest absolute Gasteiger partial charge is 0.340 e. The van der Waals surface area contributed by atoms with E-state index in [1.165, 1.54) is 0 Å². The lowest BCUT2D eigenvalue weighted by atomic mass is 9.90. The Hall–Kier alpha value is -1.82. The van der Waals surface area contributed by atoms with Crippen LogP contribution in [-0.2, 0) is 11.3 Å². The van der Waals surface area contributed by atoms with E-state index in [9.17, 15) is 9.59 Å². The molecule has 6 heteroatoms. The van der Waals surface area contributed by atoms with E-state index in [-0.39, 0.29) is 23.4 Å². The summed E-state index contributed by atoms with van der Waals surface area (Å²) in [6.07, 6.45) is 2.32. The van der Waals surface area contributed by atoms with Gasteiger partial charge in [-0.15, -0.1) is 0 Å². The zero-order chi connectivity index (χ0) is 18.1. The van der Waals surface area contributed by atoms with Gasteiger partial charge < -0.3 is 19.9 Å². The van der Waals surface area contributed by atoms with Gasteiger partial charge in [0, 0.05) is 25.8 Å². The summed E-state index contributed by atoms with van der Waals surface area (Å²) in [7, 11) is 0. The molecule has 0 spiro atoms. The first-order chi connectivity index (χ1) is 11.2. The average molecular weight is 335 g/mol. The number of aromatic nitrogens is 1. The van der Waals surface area contributed by atoms with Crippen LogP contribution < -0.4 is 5.73 Å². The highest BCUT2D eigenvalue weighted by molar-refractivity contribution is 6.00. The van der Waals surface area contributed by atoms with Crippen molar-refractivity contribution in [3.05, 3.63) is 23.0 Å². The highest BCUT2D eigenvalue weighted by Gasteiger charge is 2.31. The number of hydrogen-bond acceptors (Lipinski definition) is 4. The number of rotatable bonds is 5. The van der Waals surface area contributed by atoms with E-state index in [0.717, 1.165) is 6.42 Å². The molecule has 0 aromatic carbocycles. The second-order valence-electron chi connectivity index (χ2n) is 7.56. The van der Waals surface area contributed by atoms with Crippen molar-refractivity contribution in [3.8, 4) is 0 Å². The van der Waals surface area contributed by atoms with Gasteiger partial charge in [0.2, 0.25) is 0 Å². The van der Waals surface area contributed by atoms with E-state index in [4.69, 9.17) is 10.5 Å². The minimum Gasteiger partial charge on any atom is -0.458 e. The lowest BCUT2D eigenvalue weighted by Gasteiger charge is -2.28. The Morgan fingerprint density at radius 3 is 2.62 bits per heavy atom. The van der Waals surface area contributed by atoms with Crippen LogP contribution in [0.1, 0.15) is 60.5 Å². The molecule has 0 fully saturated rings. The maximum atomic E-state index is 12.7. The van der Waals surface area contributed by atoms with Gasteiger partial charge in [0.15, 0.2) is 0 Å². The van der Waals surface area contributed by atoms with Gasteiger partial charge in [-0.05, 0) is 37.8 Å². The molecular weight excluding hydrogens is 306 g/mol. The Balaban J connectivity index is 2.22. The fourth-order valence-corrected chi connectivity index (χ4v) is 2.70. The molecule has 0 saturated heterocycles. The number of nitrogens with zero attached hydrogens (tertiary/aromatic N) is 2. The van der Waals surface area contributed by atoms with Crippen LogP contribution in [0.3, 0.4) is 0 Å². The molecule has 2 N–H and O–H groups in total. The lowest BCUT2D eigenvalue weighted by Crippen LogP contribution is -2.41. The second-order valence-corrected chi connectivity index (χ2v) is 7.56. The Morgan fingerprint density at radius 1 is 1.38 bits per heavy atom. The summed E-state index contributed by atoms with van der Waals surface area (Å²) < 4.78 is 7.46. The minimum atomic E-state index is -0.363. The Labute approximate surface area is 143 Å². The topological polar surface area (TPSA) is 77.6 Å². The number of nitrogens with two attached hydrogens (primary N) is 1.